The van der Waals surface area contributed by atoms with Gasteiger partial charge in [0.1, 0.15) is 12.6 Å². The lowest BCUT2D eigenvalue weighted by molar-refractivity contribution is -0.153. The lowest BCUT2D eigenvalue weighted by atomic mass is 9.81. The molecule has 4 aliphatic rings. The summed E-state index contributed by atoms with van der Waals surface area (Å²) in [6.07, 6.45) is 2.64. The Kier molecular flexibility index (Phi) is 3.42. The zero-order valence-corrected chi connectivity index (χ0v) is 13.4. The maximum Gasteiger partial charge on any atom is 0.326 e. The fourth-order valence-electron chi connectivity index (χ4n) is 4.35. The summed E-state index contributed by atoms with van der Waals surface area (Å²) in [6.45, 7) is 1.09. The van der Waals surface area contributed by atoms with Gasteiger partial charge in [-0.1, -0.05) is 0 Å². The number of rotatable bonds is 5. The SMILES string of the molecule is CC(C(=O)O)N(C(=O)CN1C(=O)C2C3CCC(O3)C2C1=O)C1CC1. The van der Waals surface area contributed by atoms with Crippen molar-refractivity contribution in [1.29, 1.82) is 0 Å². The number of carbonyl (C=O) groups excluding carboxylic acids is 3. The van der Waals surface area contributed by atoms with Gasteiger partial charge in [-0.2, -0.15) is 0 Å². The first kappa shape index (κ1) is 15.6. The smallest absolute Gasteiger partial charge is 0.326 e. The summed E-state index contributed by atoms with van der Waals surface area (Å²) in [5.74, 6) is -3.17. The van der Waals surface area contributed by atoms with Gasteiger partial charge < -0.3 is 14.7 Å². The standard InChI is InChI=1S/C16H20N2O6/c1-7(16(22)23)18(8-2-3-8)11(19)6-17-14(20)12-9-4-5-10(24-9)13(12)15(17)21/h7-10,12-13H,2-6H2,1H3,(H,22,23). The van der Waals surface area contributed by atoms with Gasteiger partial charge in [-0.25, -0.2) is 4.79 Å². The number of likely N-dealkylation sites (tertiary alicyclic amines) is 1. The Hall–Kier alpha value is -1.96. The van der Waals surface area contributed by atoms with E-state index in [-0.39, 0.29) is 36.6 Å². The number of carbonyl (C=O) groups is 4. The van der Waals surface area contributed by atoms with E-state index in [1.54, 1.807) is 0 Å². The average Bonchev–Trinajstić information content (AvgIpc) is 3.06. The highest BCUT2D eigenvalue weighted by Crippen LogP contribution is 2.48. The highest BCUT2D eigenvalue weighted by Gasteiger charge is 2.62. The van der Waals surface area contributed by atoms with Crippen LogP contribution in [0.2, 0.25) is 0 Å². The monoisotopic (exact) mass is 336 g/mol. The third kappa shape index (κ3) is 2.16. The Bertz CT molecular complexity index is 602. The number of hydrogen-bond acceptors (Lipinski definition) is 5. The molecule has 4 fully saturated rings. The Morgan fingerprint density at radius 1 is 1.17 bits per heavy atom. The van der Waals surface area contributed by atoms with Gasteiger partial charge in [-0.3, -0.25) is 19.3 Å². The van der Waals surface area contributed by atoms with Gasteiger partial charge in [0, 0.05) is 6.04 Å². The fraction of sp³-hybridized carbons (Fsp3) is 0.750. The molecule has 1 saturated carbocycles. The molecule has 5 atom stereocenters. The summed E-state index contributed by atoms with van der Waals surface area (Å²) >= 11 is 0. The van der Waals surface area contributed by atoms with Crippen molar-refractivity contribution in [3.05, 3.63) is 0 Å². The molecular weight excluding hydrogens is 316 g/mol. The first-order valence-corrected chi connectivity index (χ1v) is 8.44. The van der Waals surface area contributed by atoms with Crippen LogP contribution in [0.25, 0.3) is 0 Å². The minimum absolute atomic E-state index is 0.101. The predicted octanol–water partition coefficient (Wildman–Crippen LogP) is -0.387. The molecule has 8 heteroatoms. The van der Waals surface area contributed by atoms with Gasteiger partial charge in [0.15, 0.2) is 0 Å². The molecule has 1 aliphatic carbocycles. The zero-order valence-electron chi connectivity index (χ0n) is 13.4. The Balaban J connectivity index is 1.50. The van der Waals surface area contributed by atoms with Crippen LogP contribution in [-0.2, 0) is 23.9 Å². The van der Waals surface area contributed by atoms with E-state index in [0.717, 1.165) is 30.6 Å². The molecule has 130 valence electrons. The molecule has 2 bridgehead atoms. The van der Waals surface area contributed by atoms with Crippen LogP contribution in [-0.4, -0.2) is 69.4 Å². The first-order valence-electron chi connectivity index (χ1n) is 8.44. The Morgan fingerprint density at radius 3 is 2.17 bits per heavy atom. The van der Waals surface area contributed by atoms with Gasteiger partial charge in [-0.15, -0.1) is 0 Å². The number of ether oxygens (including phenoxy) is 1. The maximum atomic E-state index is 12.6. The molecule has 0 spiro atoms. The first-order chi connectivity index (χ1) is 11.4. The topological polar surface area (TPSA) is 104 Å². The summed E-state index contributed by atoms with van der Waals surface area (Å²) < 4.78 is 5.66. The van der Waals surface area contributed by atoms with Gasteiger partial charge in [0.25, 0.3) is 0 Å². The van der Waals surface area contributed by atoms with Crippen LogP contribution in [0, 0.1) is 11.8 Å². The number of imide groups is 1. The molecule has 0 aromatic heterocycles. The molecule has 8 nitrogen and oxygen atoms in total. The van der Waals surface area contributed by atoms with E-state index in [1.807, 2.05) is 0 Å². The summed E-state index contributed by atoms with van der Waals surface area (Å²) in [5.41, 5.74) is 0. The molecule has 3 heterocycles. The van der Waals surface area contributed by atoms with Crippen molar-refractivity contribution in [2.75, 3.05) is 6.54 Å². The van der Waals surface area contributed by atoms with Crippen molar-refractivity contribution in [2.45, 2.75) is 56.9 Å². The average molecular weight is 336 g/mol. The molecule has 4 rings (SSSR count). The predicted molar refractivity (Wildman–Crippen MR) is 78.6 cm³/mol. The van der Waals surface area contributed by atoms with Gasteiger partial charge in [0.05, 0.1) is 24.0 Å². The molecule has 3 saturated heterocycles. The number of amides is 3. The molecule has 0 aromatic rings. The Morgan fingerprint density at radius 2 is 1.71 bits per heavy atom. The van der Waals surface area contributed by atoms with Crippen molar-refractivity contribution < 1.29 is 29.0 Å². The van der Waals surface area contributed by atoms with E-state index in [4.69, 9.17) is 4.74 Å². The zero-order chi connectivity index (χ0) is 17.2. The van der Waals surface area contributed by atoms with E-state index in [0.29, 0.717) is 0 Å². The van der Waals surface area contributed by atoms with E-state index in [1.165, 1.54) is 11.8 Å². The van der Waals surface area contributed by atoms with Crippen LogP contribution in [0.15, 0.2) is 0 Å². The van der Waals surface area contributed by atoms with Crippen molar-refractivity contribution in [1.82, 2.24) is 9.80 Å². The largest absolute Gasteiger partial charge is 0.480 e. The highest BCUT2D eigenvalue weighted by atomic mass is 16.5. The highest BCUT2D eigenvalue weighted by molar-refractivity contribution is 6.08. The van der Waals surface area contributed by atoms with Crippen LogP contribution in [0.3, 0.4) is 0 Å². The maximum absolute atomic E-state index is 12.6. The molecular formula is C16H20N2O6. The van der Waals surface area contributed by atoms with E-state index in [9.17, 15) is 24.3 Å². The fourth-order valence-corrected chi connectivity index (χ4v) is 4.35. The van der Waals surface area contributed by atoms with Crippen LogP contribution in [0.1, 0.15) is 32.6 Å². The summed E-state index contributed by atoms with van der Waals surface area (Å²) in [7, 11) is 0. The van der Waals surface area contributed by atoms with Crippen LogP contribution >= 0.6 is 0 Å². The lowest BCUT2D eigenvalue weighted by Gasteiger charge is -2.28. The van der Waals surface area contributed by atoms with Crippen molar-refractivity contribution in [2.24, 2.45) is 11.8 Å². The minimum atomic E-state index is -1.09. The minimum Gasteiger partial charge on any atom is -0.480 e. The number of hydrogen-bond donors (Lipinski definition) is 1. The summed E-state index contributed by atoms with van der Waals surface area (Å²) in [6, 6.07) is -1.06. The van der Waals surface area contributed by atoms with E-state index >= 15 is 0 Å². The molecule has 1 N–H and O–H groups in total. The van der Waals surface area contributed by atoms with Crippen molar-refractivity contribution in [3.63, 3.8) is 0 Å². The summed E-state index contributed by atoms with van der Waals surface area (Å²) in [4.78, 5) is 51.3. The number of aliphatic carboxylic acids is 1. The second-order valence-corrected chi connectivity index (χ2v) is 7.15. The molecule has 3 aliphatic heterocycles. The van der Waals surface area contributed by atoms with Crippen LogP contribution in [0.4, 0.5) is 0 Å². The van der Waals surface area contributed by atoms with Gasteiger partial charge in [0.2, 0.25) is 17.7 Å². The normalized spacial score (nSPS) is 35.3. The van der Waals surface area contributed by atoms with E-state index in [2.05, 4.69) is 0 Å². The second kappa shape index (κ2) is 5.27. The third-order valence-corrected chi connectivity index (χ3v) is 5.67. The van der Waals surface area contributed by atoms with Crippen molar-refractivity contribution in [3.8, 4) is 0 Å². The number of nitrogens with zero attached hydrogens (tertiary/aromatic N) is 2. The van der Waals surface area contributed by atoms with E-state index < -0.39 is 29.8 Å². The van der Waals surface area contributed by atoms with Crippen molar-refractivity contribution >= 4 is 23.7 Å². The van der Waals surface area contributed by atoms with Crippen LogP contribution in [0.5, 0.6) is 0 Å². The van der Waals surface area contributed by atoms with Gasteiger partial charge >= 0.3 is 5.97 Å². The molecule has 3 amide bonds. The quantitative estimate of drug-likeness (QED) is 0.686. The third-order valence-electron chi connectivity index (χ3n) is 5.67. The lowest BCUT2D eigenvalue weighted by Crippen LogP contribution is -2.50. The summed E-state index contributed by atoms with van der Waals surface area (Å²) in [5, 5.41) is 9.19. The molecule has 5 unspecified atom stereocenters. The molecule has 0 aromatic carbocycles. The second-order valence-electron chi connectivity index (χ2n) is 7.15. The molecule has 0 radical (unpaired) electrons. The Labute approximate surface area is 138 Å². The van der Waals surface area contributed by atoms with Gasteiger partial charge in [-0.05, 0) is 32.6 Å². The number of fused-ring (bicyclic) bond motifs is 5. The number of carboxylic acid groups (broad SMARTS) is 1. The molecule has 24 heavy (non-hydrogen) atoms. The van der Waals surface area contributed by atoms with Crippen LogP contribution < -0.4 is 0 Å². The number of carboxylic acids is 1.